The van der Waals surface area contributed by atoms with Crippen molar-refractivity contribution in [2.45, 2.75) is 31.6 Å². The van der Waals surface area contributed by atoms with Crippen LogP contribution in [-0.4, -0.2) is 11.3 Å². The SMILES string of the molecule is C1=CC2C=CC1C2.C[C@@H]([C@H](C)P(c1ccccc1)c1ccccc1)P(c1ccccc1)c1ccccc1.[O-][Cl+3]([O-])([O-])[O-].[Rh]. The number of rotatable bonds is 7. The molecule has 0 unspecified atom stereocenters. The van der Waals surface area contributed by atoms with Gasteiger partial charge < -0.3 is 0 Å². The van der Waals surface area contributed by atoms with Gasteiger partial charge in [-0.2, -0.15) is 0 Å². The van der Waals surface area contributed by atoms with Crippen molar-refractivity contribution in [2.75, 3.05) is 0 Å². The zero-order valence-corrected chi connectivity index (χ0v) is 28.3. The molecule has 0 aliphatic heterocycles. The summed E-state index contributed by atoms with van der Waals surface area (Å²) >= 11 is 0. The van der Waals surface area contributed by atoms with Crippen LogP contribution in [0.25, 0.3) is 0 Å². The molecule has 2 aliphatic rings. The van der Waals surface area contributed by atoms with Gasteiger partial charge in [0.25, 0.3) is 0 Å². The Balaban J connectivity index is 0.000000322. The first kappa shape index (κ1) is 35.5. The molecule has 6 rings (SSSR count). The van der Waals surface area contributed by atoms with Crippen LogP contribution >= 0.6 is 15.8 Å². The Kier molecular flexibility index (Phi) is 14.4. The Bertz CT molecular complexity index is 1200. The van der Waals surface area contributed by atoms with Crippen LogP contribution in [0.2, 0.25) is 0 Å². The van der Waals surface area contributed by atoms with Crippen molar-refractivity contribution in [2.24, 2.45) is 11.8 Å². The third-order valence-electron chi connectivity index (χ3n) is 7.41. The summed E-state index contributed by atoms with van der Waals surface area (Å²) < 4.78 is 34.0. The van der Waals surface area contributed by atoms with E-state index in [1.165, 1.54) is 27.6 Å². The molecule has 1 radical (unpaired) electrons. The molecule has 4 nitrogen and oxygen atoms in total. The van der Waals surface area contributed by atoms with Crippen LogP contribution in [0.3, 0.4) is 0 Å². The Morgan fingerprint density at radius 2 is 0.698 bits per heavy atom. The minimum absolute atomic E-state index is 0. The Morgan fingerprint density at radius 3 is 0.860 bits per heavy atom. The molecule has 0 saturated heterocycles. The van der Waals surface area contributed by atoms with Crippen LogP contribution in [0.15, 0.2) is 146 Å². The maximum absolute atomic E-state index is 8.49. The van der Waals surface area contributed by atoms with E-state index in [-0.39, 0.29) is 19.5 Å². The predicted octanol–water partition coefficient (Wildman–Crippen LogP) is 3.02. The molecule has 43 heavy (non-hydrogen) atoms. The van der Waals surface area contributed by atoms with E-state index in [1.807, 2.05) is 0 Å². The van der Waals surface area contributed by atoms with Gasteiger partial charge >= 0.3 is 0 Å². The summed E-state index contributed by atoms with van der Waals surface area (Å²) in [5, 5.41) is 5.87. The standard InChI is InChI=1S/C28H28P2.C7H8.ClHO4.Rh/c1-23(29(25-15-7-3-8-16-25)26-17-9-4-10-18-26)24(2)30(27-19-11-5-12-20-27)28-21-13-6-14-22-28;1-2-7-4-3-6(1)5-7;2-1(3,4)5;/h3-24H,1-2H3;1-4,6-7H,5H2;(H,2,3,4,5);/p-1/t23-,24-;;;/m0.../s1. The molecule has 4 aromatic rings. The quantitative estimate of drug-likeness (QED) is 0.167. The van der Waals surface area contributed by atoms with Gasteiger partial charge in [0.15, 0.2) is 0 Å². The van der Waals surface area contributed by atoms with Crippen molar-refractivity contribution in [1.29, 1.82) is 0 Å². The van der Waals surface area contributed by atoms with Gasteiger partial charge in [0, 0.05) is 19.5 Å². The van der Waals surface area contributed by atoms with E-state index in [0.717, 1.165) is 11.8 Å². The van der Waals surface area contributed by atoms with Crippen molar-refractivity contribution < 1.29 is 48.4 Å². The number of allylic oxidation sites excluding steroid dienone is 4. The van der Waals surface area contributed by atoms with Crippen molar-refractivity contribution in [3.05, 3.63) is 146 Å². The average molecular weight is 721 g/mol. The van der Waals surface area contributed by atoms with Crippen molar-refractivity contribution in [3.63, 3.8) is 0 Å². The second kappa shape index (κ2) is 17.5. The minimum atomic E-state index is -4.94. The first-order valence-electron chi connectivity index (χ1n) is 14.0. The van der Waals surface area contributed by atoms with E-state index in [9.17, 15) is 0 Å². The molecule has 0 N–H and O–H groups in total. The molecular formula is C35H36ClO4P2Rh-. The average Bonchev–Trinajstić information content (AvgIpc) is 3.66. The largest absolute Gasteiger partial charge is 0.222 e. The zero-order valence-electron chi connectivity index (χ0n) is 24.1. The summed E-state index contributed by atoms with van der Waals surface area (Å²) in [6, 6.07) is 44.5. The molecule has 0 fully saturated rings. The van der Waals surface area contributed by atoms with Gasteiger partial charge in [-0.3, -0.25) is 0 Å². The van der Waals surface area contributed by atoms with Gasteiger partial charge in [-0.15, -0.1) is 10.2 Å². The van der Waals surface area contributed by atoms with Gasteiger partial charge in [-0.05, 0) is 66.6 Å². The van der Waals surface area contributed by atoms with Gasteiger partial charge in [-0.1, -0.05) is 159 Å². The fourth-order valence-electron chi connectivity index (χ4n) is 5.35. The maximum Gasteiger partial charge on any atom is 0 e. The van der Waals surface area contributed by atoms with Crippen LogP contribution < -0.4 is 39.9 Å². The second-order valence-corrected chi connectivity index (χ2v) is 16.2. The number of benzene rings is 4. The Hall–Kier alpha value is -2.03. The molecule has 0 aromatic heterocycles. The van der Waals surface area contributed by atoms with Crippen molar-refractivity contribution in [1.82, 2.24) is 0 Å². The van der Waals surface area contributed by atoms with Crippen LogP contribution in [0.5, 0.6) is 0 Å². The number of fused-ring (bicyclic) bond motifs is 2. The van der Waals surface area contributed by atoms with Crippen molar-refractivity contribution in [3.8, 4) is 0 Å². The fourth-order valence-corrected chi connectivity index (χ4v) is 11.5. The second-order valence-electron chi connectivity index (χ2n) is 10.3. The fraction of sp³-hybridized carbons (Fsp3) is 0.200. The number of halogens is 1. The van der Waals surface area contributed by atoms with Crippen LogP contribution in [0.4, 0.5) is 0 Å². The van der Waals surface area contributed by atoms with E-state index >= 15 is 0 Å². The summed E-state index contributed by atoms with van der Waals surface area (Å²) in [6.07, 6.45) is 10.5. The summed E-state index contributed by atoms with van der Waals surface area (Å²) in [6.45, 7) is 4.94. The third-order valence-corrected chi connectivity index (χ3v) is 13.6. The van der Waals surface area contributed by atoms with Crippen LogP contribution in [0.1, 0.15) is 20.3 Å². The first-order chi connectivity index (χ1) is 20.2. The van der Waals surface area contributed by atoms with Gasteiger partial charge in [0.2, 0.25) is 0 Å². The molecule has 0 saturated carbocycles. The molecule has 2 aliphatic carbocycles. The van der Waals surface area contributed by atoms with Crippen LogP contribution in [0, 0.1) is 22.1 Å². The van der Waals surface area contributed by atoms with E-state index in [1.54, 1.807) is 0 Å². The maximum atomic E-state index is 8.49. The topological polar surface area (TPSA) is 92.2 Å². The van der Waals surface area contributed by atoms with E-state index in [2.05, 4.69) is 159 Å². The number of hydrogen-bond donors (Lipinski definition) is 0. The van der Waals surface area contributed by atoms with E-state index in [4.69, 9.17) is 18.6 Å². The first-order valence-corrected chi connectivity index (χ1v) is 18.0. The summed E-state index contributed by atoms with van der Waals surface area (Å²) in [4.78, 5) is 0. The minimum Gasteiger partial charge on any atom is -0.222 e. The molecule has 0 heterocycles. The van der Waals surface area contributed by atoms with E-state index < -0.39 is 26.1 Å². The summed E-state index contributed by atoms with van der Waals surface area (Å²) in [7, 11) is -5.84. The predicted molar refractivity (Wildman–Crippen MR) is 167 cm³/mol. The molecule has 4 aromatic carbocycles. The molecule has 0 amide bonds. The molecule has 227 valence electrons. The van der Waals surface area contributed by atoms with Gasteiger partial charge in [0.1, 0.15) is 0 Å². The molecular weight excluding hydrogens is 685 g/mol. The van der Waals surface area contributed by atoms with Crippen molar-refractivity contribution >= 4 is 37.1 Å². The molecule has 8 heteroatoms. The Labute approximate surface area is 273 Å². The molecule has 0 spiro atoms. The summed E-state index contributed by atoms with van der Waals surface area (Å²) in [5.74, 6) is 1.62. The third kappa shape index (κ3) is 11.1. The smallest absolute Gasteiger partial charge is 0 e. The Morgan fingerprint density at radius 1 is 0.488 bits per heavy atom. The summed E-state index contributed by atoms with van der Waals surface area (Å²) in [5.41, 5.74) is 1.10. The van der Waals surface area contributed by atoms with Crippen LogP contribution in [-0.2, 0) is 19.5 Å². The van der Waals surface area contributed by atoms with Gasteiger partial charge in [-0.25, -0.2) is 18.6 Å². The normalized spacial score (nSPS) is 17.8. The molecule has 2 bridgehead atoms. The zero-order chi connectivity index (χ0) is 30.0. The number of hydrogen-bond acceptors (Lipinski definition) is 4. The van der Waals surface area contributed by atoms with E-state index in [0.29, 0.717) is 11.3 Å². The monoisotopic (exact) mass is 720 g/mol. The van der Waals surface area contributed by atoms with Gasteiger partial charge in [0.05, 0.1) is 0 Å². The molecule has 2 atom stereocenters.